The van der Waals surface area contributed by atoms with E-state index in [-0.39, 0.29) is 23.8 Å². The SMILES string of the molecule is CNC(=O)[C@@H](C[C@H](O)[C@@H](N)CC1CCCCC1)C(C)C. The van der Waals surface area contributed by atoms with Crippen molar-refractivity contribution < 1.29 is 9.90 Å². The Labute approximate surface area is 123 Å². The second kappa shape index (κ2) is 8.63. The normalized spacial score (nSPS) is 21.5. The molecule has 0 heterocycles. The molecule has 0 spiro atoms. The summed E-state index contributed by atoms with van der Waals surface area (Å²) >= 11 is 0. The molecule has 4 nitrogen and oxygen atoms in total. The lowest BCUT2D eigenvalue weighted by molar-refractivity contribution is -0.127. The molecule has 1 rings (SSSR count). The van der Waals surface area contributed by atoms with Gasteiger partial charge in [0.1, 0.15) is 0 Å². The molecule has 118 valence electrons. The summed E-state index contributed by atoms with van der Waals surface area (Å²) in [5.41, 5.74) is 6.16. The molecule has 4 heteroatoms. The number of carbonyl (C=O) groups excluding carboxylic acids is 1. The molecule has 1 fully saturated rings. The van der Waals surface area contributed by atoms with E-state index in [1.807, 2.05) is 13.8 Å². The van der Waals surface area contributed by atoms with E-state index >= 15 is 0 Å². The average Bonchev–Trinajstić information content (AvgIpc) is 2.44. The lowest BCUT2D eigenvalue weighted by Crippen LogP contribution is -2.41. The lowest BCUT2D eigenvalue weighted by Gasteiger charge is -2.29. The zero-order valence-electron chi connectivity index (χ0n) is 13.3. The van der Waals surface area contributed by atoms with Gasteiger partial charge in [-0.2, -0.15) is 0 Å². The summed E-state index contributed by atoms with van der Waals surface area (Å²) in [5, 5.41) is 13.0. The fourth-order valence-electron chi connectivity index (χ4n) is 3.27. The van der Waals surface area contributed by atoms with Crippen molar-refractivity contribution in [3.05, 3.63) is 0 Å². The smallest absolute Gasteiger partial charge is 0.223 e. The van der Waals surface area contributed by atoms with E-state index in [1.54, 1.807) is 7.05 Å². The standard InChI is InChI=1S/C16H32N2O2/c1-11(2)13(16(20)18-3)10-15(19)14(17)9-12-7-5-4-6-8-12/h11-15,19H,4-10,17H2,1-3H3,(H,18,20)/t13-,14-,15-/m0/s1. The van der Waals surface area contributed by atoms with Crippen LogP contribution in [-0.4, -0.2) is 30.2 Å². The Balaban J connectivity index is 2.45. The second-order valence-electron chi connectivity index (χ2n) is 6.67. The first-order chi connectivity index (χ1) is 9.45. The van der Waals surface area contributed by atoms with Crippen LogP contribution < -0.4 is 11.1 Å². The van der Waals surface area contributed by atoms with Crippen molar-refractivity contribution >= 4 is 5.91 Å². The maximum atomic E-state index is 11.8. The molecule has 0 bridgehead atoms. The average molecular weight is 284 g/mol. The van der Waals surface area contributed by atoms with Crippen LogP contribution in [0.15, 0.2) is 0 Å². The Morgan fingerprint density at radius 2 is 1.90 bits per heavy atom. The van der Waals surface area contributed by atoms with Crippen molar-refractivity contribution in [1.82, 2.24) is 5.32 Å². The first kappa shape index (κ1) is 17.4. The molecule has 0 unspecified atom stereocenters. The summed E-state index contributed by atoms with van der Waals surface area (Å²) < 4.78 is 0. The van der Waals surface area contributed by atoms with E-state index in [1.165, 1.54) is 32.1 Å². The molecule has 1 aliphatic carbocycles. The van der Waals surface area contributed by atoms with Crippen molar-refractivity contribution in [2.75, 3.05) is 7.05 Å². The van der Waals surface area contributed by atoms with E-state index < -0.39 is 6.10 Å². The quantitative estimate of drug-likeness (QED) is 0.670. The predicted molar refractivity (Wildman–Crippen MR) is 82.2 cm³/mol. The van der Waals surface area contributed by atoms with Crippen LogP contribution in [0.1, 0.15) is 58.8 Å². The first-order valence-corrected chi connectivity index (χ1v) is 8.11. The first-order valence-electron chi connectivity index (χ1n) is 8.11. The molecule has 0 aromatic carbocycles. The topological polar surface area (TPSA) is 75.3 Å². The Bertz CT molecular complexity index is 288. The number of amides is 1. The van der Waals surface area contributed by atoms with Gasteiger partial charge in [0.2, 0.25) is 5.91 Å². The molecular weight excluding hydrogens is 252 g/mol. The van der Waals surface area contributed by atoms with Gasteiger partial charge in [0, 0.05) is 19.0 Å². The summed E-state index contributed by atoms with van der Waals surface area (Å²) in [4.78, 5) is 11.8. The lowest BCUT2D eigenvalue weighted by atomic mass is 9.81. The minimum atomic E-state index is -0.582. The van der Waals surface area contributed by atoms with Crippen LogP contribution in [-0.2, 0) is 4.79 Å². The van der Waals surface area contributed by atoms with Gasteiger partial charge in [0.05, 0.1) is 6.10 Å². The van der Waals surface area contributed by atoms with Gasteiger partial charge in [-0.1, -0.05) is 46.0 Å². The molecule has 4 N–H and O–H groups in total. The molecule has 1 aliphatic rings. The molecule has 1 amide bonds. The van der Waals surface area contributed by atoms with Crippen LogP contribution in [0.3, 0.4) is 0 Å². The third-order valence-corrected chi connectivity index (χ3v) is 4.71. The zero-order chi connectivity index (χ0) is 15.1. The highest BCUT2D eigenvalue weighted by Gasteiger charge is 2.28. The maximum Gasteiger partial charge on any atom is 0.223 e. The molecule has 20 heavy (non-hydrogen) atoms. The molecule has 0 aromatic heterocycles. The third kappa shape index (κ3) is 5.41. The van der Waals surface area contributed by atoms with E-state index in [4.69, 9.17) is 5.73 Å². The van der Waals surface area contributed by atoms with Crippen LogP contribution in [0, 0.1) is 17.8 Å². The van der Waals surface area contributed by atoms with E-state index in [0.717, 1.165) is 6.42 Å². The van der Waals surface area contributed by atoms with Crippen LogP contribution in [0.25, 0.3) is 0 Å². The number of nitrogens with one attached hydrogen (secondary N) is 1. The fourth-order valence-corrected chi connectivity index (χ4v) is 3.27. The molecule has 0 radical (unpaired) electrons. The fraction of sp³-hybridized carbons (Fsp3) is 0.938. The number of aliphatic hydroxyl groups excluding tert-OH is 1. The van der Waals surface area contributed by atoms with Gasteiger partial charge < -0.3 is 16.2 Å². The van der Waals surface area contributed by atoms with Crippen molar-refractivity contribution in [3.63, 3.8) is 0 Å². The third-order valence-electron chi connectivity index (χ3n) is 4.71. The van der Waals surface area contributed by atoms with Crippen LogP contribution in [0.2, 0.25) is 0 Å². The summed E-state index contributed by atoms with van der Waals surface area (Å²) in [7, 11) is 1.64. The predicted octanol–water partition coefficient (Wildman–Crippen LogP) is 2.05. The van der Waals surface area contributed by atoms with E-state index in [9.17, 15) is 9.90 Å². The van der Waals surface area contributed by atoms with Crippen LogP contribution in [0.4, 0.5) is 0 Å². The summed E-state index contributed by atoms with van der Waals surface area (Å²) in [6, 6.07) is -0.205. The van der Waals surface area contributed by atoms with Gasteiger partial charge in [-0.25, -0.2) is 0 Å². The highest BCUT2D eigenvalue weighted by atomic mass is 16.3. The second-order valence-corrected chi connectivity index (χ2v) is 6.67. The minimum Gasteiger partial charge on any atom is -0.391 e. The van der Waals surface area contributed by atoms with Crippen molar-refractivity contribution in [2.24, 2.45) is 23.5 Å². The van der Waals surface area contributed by atoms with Crippen molar-refractivity contribution in [1.29, 1.82) is 0 Å². The van der Waals surface area contributed by atoms with E-state index in [2.05, 4.69) is 5.32 Å². The van der Waals surface area contributed by atoms with Crippen LogP contribution >= 0.6 is 0 Å². The maximum absolute atomic E-state index is 11.8. The molecular formula is C16H32N2O2. The monoisotopic (exact) mass is 284 g/mol. The molecule has 0 aromatic rings. The molecule has 0 saturated heterocycles. The number of aliphatic hydroxyl groups is 1. The highest BCUT2D eigenvalue weighted by molar-refractivity contribution is 5.78. The number of hydrogen-bond acceptors (Lipinski definition) is 3. The summed E-state index contributed by atoms with van der Waals surface area (Å²) in [6.45, 7) is 4.03. The Morgan fingerprint density at radius 1 is 1.30 bits per heavy atom. The van der Waals surface area contributed by atoms with Crippen molar-refractivity contribution in [3.8, 4) is 0 Å². The number of carbonyl (C=O) groups is 1. The highest BCUT2D eigenvalue weighted by Crippen LogP contribution is 2.28. The molecule has 3 atom stereocenters. The van der Waals surface area contributed by atoms with Crippen LogP contribution in [0.5, 0.6) is 0 Å². The zero-order valence-corrected chi connectivity index (χ0v) is 13.3. The summed E-state index contributed by atoms with van der Waals surface area (Å²) in [6.07, 6.45) is 7.17. The van der Waals surface area contributed by atoms with Gasteiger partial charge in [-0.05, 0) is 24.7 Å². The van der Waals surface area contributed by atoms with Gasteiger partial charge in [-0.3, -0.25) is 4.79 Å². The summed E-state index contributed by atoms with van der Waals surface area (Å²) in [5.74, 6) is 0.716. The van der Waals surface area contributed by atoms with Gasteiger partial charge >= 0.3 is 0 Å². The van der Waals surface area contributed by atoms with E-state index in [0.29, 0.717) is 12.3 Å². The Morgan fingerprint density at radius 3 is 2.40 bits per heavy atom. The number of hydrogen-bond donors (Lipinski definition) is 3. The molecule has 1 saturated carbocycles. The molecule has 0 aliphatic heterocycles. The van der Waals surface area contributed by atoms with Gasteiger partial charge in [0.15, 0.2) is 0 Å². The van der Waals surface area contributed by atoms with Gasteiger partial charge in [-0.15, -0.1) is 0 Å². The van der Waals surface area contributed by atoms with Gasteiger partial charge in [0.25, 0.3) is 0 Å². The number of nitrogens with two attached hydrogens (primary N) is 1. The largest absolute Gasteiger partial charge is 0.391 e. The van der Waals surface area contributed by atoms with Crippen molar-refractivity contribution in [2.45, 2.75) is 70.9 Å². The Kier molecular flexibility index (Phi) is 7.52. The Hall–Kier alpha value is -0.610. The minimum absolute atomic E-state index is 0.00363. The number of rotatable bonds is 7.